The van der Waals surface area contributed by atoms with Crippen LogP contribution in [0.15, 0.2) is 29.3 Å². The number of nitrogens with zero attached hydrogens (tertiary/aromatic N) is 3. The Labute approximate surface area is 154 Å². The minimum atomic E-state index is -0.306. The number of hydrogen-bond acceptors (Lipinski definition) is 3. The zero-order valence-electron chi connectivity index (χ0n) is 16.1. The van der Waals surface area contributed by atoms with Gasteiger partial charge in [-0.1, -0.05) is 6.07 Å². The SMILES string of the molecule is CCNC(=NCc1c(C)nn(C)c1C)NCC(C)Oc1cccc(F)c1. The second-order valence-electron chi connectivity index (χ2n) is 6.23. The van der Waals surface area contributed by atoms with Gasteiger partial charge in [-0.05, 0) is 39.8 Å². The number of halogens is 1. The first-order valence-electron chi connectivity index (χ1n) is 8.84. The van der Waals surface area contributed by atoms with Gasteiger partial charge >= 0.3 is 0 Å². The van der Waals surface area contributed by atoms with Crippen molar-refractivity contribution in [2.24, 2.45) is 12.0 Å². The van der Waals surface area contributed by atoms with E-state index in [1.54, 1.807) is 12.1 Å². The number of guanidine groups is 1. The second kappa shape index (κ2) is 9.22. The summed E-state index contributed by atoms with van der Waals surface area (Å²) < 4.78 is 20.8. The molecular weight excluding hydrogens is 333 g/mol. The minimum Gasteiger partial charge on any atom is -0.489 e. The maximum Gasteiger partial charge on any atom is 0.191 e. The summed E-state index contributed by atoms with van der Waals surface area (Å²) in [5, 5.41) is 10.9. The fourth-order valence-electron chi connectivity index (χ4n) is 2.60. The maximum atomic E-state index is 13.2. The standard InChI is InChI=1S/C19H28FN5O/c1-6-21-19(23-12-18-14(3)24-25(5)15(18)4)22-11-13(2)26-17-9-7-8-16(20)10-17/h7-10,13H,6,11-12H2,1-5H3,(H2,21,22,23). The summed E-state index contributed by atoms with van der Waals surface area (Å²) in [5.41, 5.74) is 3.24. The summed E-state index contributed by atoms with van der Waals surface area (Å²) in [6, 6.07) is 6.15. The predicted molar refractivity (Wildman–Crippen MR) is 102 cm³/mol. The number of ether oxygens (including phenoxy) is 1. The Morgan fingerprint density at radius 1 is 1.35 bits per heavy atom. The van der Waals surface area contributed by atoms with Crippen LogP contribution in [0, 0.1) is 19.7 Å². The molecule has 1 unspecified atom stereocenters. The highest BCUT2D eigenvalue weighted by atomic mass is 19.1. The Kier molecular flexibility index (Phi) is 7.00. The van der Waals surface area contributed by atoms with E-state index in [0.29, 0.717) is 24.8 Å². The third-order valence-corrected chi connectivity index (χ3v) is 4.09. The van der Waals surface area contributed by atoms with E-state index in [2.05, 4.69) is 20.7 Å². The summed E-state index contributed by atoms with van der Waals surface area (Å²) in [4.78, 5) is 4.64. The van der Waals surface area contributed by atoms with Gasteiger partial charge in [-0.2, -0.15) is 5.10 Å². The first-order valence-corrected chi connectivity index (χ1v) is 8.84. The lowest BCUT2D eigenvalue weighted by atomic mass is 10.2. The van der Waals surface area contributed by atoms with Crippen LogP contribution in [-0.2, 0) is 13.6 Å². The third-order valence-electron chi connectivity index (χ3n) is 4.09. The second-order valence-corrected chi connectivity index (χ2v) is 6.23. The normalized spacial score (nSPS) is 12.8. The number of aliphatic imine (C=N–C) groups is 1. The molecular formula is C19H28FN5O. The molecule has 0 aliphatic carbocycles. The van der Waals surface area contributed by atoms with E-state index in [4.69, 9.17) is 4.74 Å². The van der Waals surface area contributed by atoms with Crippen LogP contribution >= 0.6 is 0 Å². The lowest BCUT2D eigenvalue weighted by Gasteiger charge is -2.17. The highest BCUT2D eigenvalue weighted by Crippen LogP contribution is 2.14. The molecule has 0 spiro atoms. The van der Waals surface area contributed by atoms with Crippen molar-refractivity contribution < 1.29 is 9.13 Å². The first-order chi connectivity index (χ1) is 12.4. The zero-order valence-corrected chi connectivity index (χ0v) is 16.1. The van der Waals surface area contributed by atoms with Crippen LogP contribution in [0.3, 0.4) is 0 Å². The molecule has 6 nitrogen and oxygen atoms in total. The topological polar surface area (TPSA) is 63.5 Å². The van der Waals surface area contributed by atoms with Gasteiger partial charge in [0.1, 0.15) is 17.7 Å². The maximum absolute atomic E-state index is 13.2. The molecule has 0 aliphatic rings. The van der Waals surface area contributed by atoms with E-state index in [0.717, 1.165) is 23.5 Å². The van der Waals surface area contributed by atoms with E-state index in [-0.39, 0.29) is 11.9 Å². The van der Waals surface area contributed by atoms with Crippen molar-refractivity contribution in [3.8, 4) is 5.75 Å². The van der Waals surface area contributed by atoms with Gasteiger partial charge < -0.3 is 15.4 Å². The summed E-state index contributed by atoms with van der Waals surface area (Å²) >= 11 is 0. The quantitative estimate of drug-likeness (QED) is 0.588. The Bertz CT molecular complexity index is 756. The smallest absolute Gasteiger partial charge is 0.191 e. The number of aromatic nitrogens is 2. The monoisotopic (exact) mass is 361 g/mol. The molecule has 1 heterocycles. The van der Waals surface area contributed by atoms with Gasteiger partial charge in [0.15, 0.2) is 5.96 Å². The molecule has 0 saturated carbocycles. The number of benzene rings is 1. The molecule has 7 heteroatoms. The molecule has 142 valence electrons. The Morgan fingerprint density at radius 3 is 2.73 bits per heavy atom. The molecule has 1 aromatic carbocycles. The van der Waals surface area contributed by atoms with E-state index >= 15 is 0 Å². The molecule has 2 rings (SSSR count). The minimum absolute atomic E-state index is 0.137. The summed E-state index contributed by atoms with van der Waals surface area (Å²) in [7, 11) is 1.93. The summed E-state index contributed by atoms with van der Waals surface area (Å²) in [6.45, 7) is 9.85. The Morgan fingerprint density at radius 2 is 2.12 bits per heavy atom. The number of rotatable bonds is 7. The first kappa shape index (κ1) is 19.8. The lowest BCUT2D eigenvalue weighted by Crippen LogP contribution is -2.41. The Hall–Kier alpha value is -2.57. The number of hydrogen-bond donors (Lipinski definition) is 2. The molecule has 26 heavy (non-hydrogen) atoms. The Balaban J connectivity index is 1.94. The lowest BCUT2D eigenvalue weighted by molar-refractivity contribution is 0.223. The average Bonchev–Trinajstić information content (AvgIpc) is 2.83. The number of aryl methyl sites for hydroxylation is 2. The fourth-order valence-corrected chi connectivity index (χ4v) is 2.60. The van der Waals surface area contributed by atoms with Crippen molar-refractivity contribution in [2.75, 3.05) is 13.1 Å². The average molecular weight is 361 g/mol. The van der Waals surface area contributed by atoms with Crippen LogP contribution in [0.1, 0.15) is 30.8 Å². The molecule has 0 radical (unpaired) electrons. The van der Waals surface area contributed by atoms with Crippen LogP contribution in [0.4, 0.5) is 4.39 Å². The predicted octanol–water partition coefficient (Wildman–Crippen LogP) is 2.70. The van der Waals surface area contributed by atoms with Gasteiger partial charge in [0.05, 0.1) is 18.8 Å². The highest BCUT2D eigenvalue weighted by Gasteiger charge is 2.10. The largest absolute Gasteiger partial charge is 0.489 e. The van der Waals surface area contributed by atoms with Crippen molar-refractivity contribution in [3.63, 3.8) is 0 Å². The van der Waals surface area contributed by atoms with Crippen LogP contribution < -0.4 is 15.4 Å². The summed E-state index contributed by atoms with van der Waals surface area (Å²) in [6.07, 6.45) is -0.137. The van der Waals surface area contributed by atoms with Gasteiger partial charge in [-0.15, -0.1) is 0 Å². The summed E-state index contributed by atoms with van der Waals surface area (Å²) in [5.74, 6) is 0.924. The molecule has 0 amide bonds. The molecule has 1 aromatic heterocycles. The van der Waals surface area contributed by atoms with Gasteiger partial charge in [-0.3, -0.25) is 4.68 Å². The van der Waals surface area contributed by atoms with Gasteiger partial charge in [0.2, 0.25) is 0 Å². The van der Waals surface area contributed by atoms with Gasteiger partial charge in [0.25, 0.3) is 0 Å². The van der Waals surface area contributed by atoms with Crippen molar-refractivity contribution in [1.29, 1.82) is 0 Å². The van der Waals surface area contributed by atoms with E-state index < -0.39 is 0 Å². The molecule has 0 fully saturated rings. The zero-order chi connectivity index (χ0) is 19.1. The molecule has 0 bridgehead atoms. The van der Waals surface area contributed by atoms with Crippen molar-refractivity contribution in [1.82, 2.24) is 20.4 Å². The molecule has 1 atom stereocenters. The highest BCUT2D eigenvalue weighted by molar-refractivity contribution is 5.79. The van der Waals surface area contributed by atoms with Crippen molar-refractivity contribution >= 4 is 5.96 Å². The van der Waals surface area contributed by atoms with Crippen molar-refractivity contribution in [3.05, 3.63) is 47.0 Å². The van der Waals surface area contributed by atoms with Crippen LogP contribution in [0.25, 0.3) is 0 Å². The van der Waals surface area contributed by atoms with E-state index in [1.165, 1.54) is 12.1 Å². The van der Waals surface area contributed by atoms with Gasteiger partial charge in [-0.25, -0.2) is 9.38 Å². The van der Waals surface area contributed by atoms with Crippen LogP contribution in [-0.4, -0.2) is 34.9 Å². The van der Waals surface area contributed by atoms with E-state index in [9.17, 15) is 4.39 Å². The molecule has 2 N–H and O–H groups in total. The third kappa shape index (κ3) is 5.47. The van der Waals surface area contributed by atoms with Crippen molar-refractivity contribution in [2.45, 2.75) is 40.3 Å². The van der Waals surface area contributed by atoms with Crippen LogP contribution in [0.5, 0.6) is 5.75 Å². The molecule has 0 saturated heterocycles. The number of nitrogens with one attached hydrogen (secondary N) is 2. The van der Waals surface area contributed by atoms with E-state index in [1.807, 2.05) is 39.4 Å². The fraction of sp³-hybridized carbons (Fsp3) is 0.474. The van der Waals surface area contributed by atoms with Gasteiger partial charge in [0, 0.05) is 30.9 Å². The van der Waals surface area contributed by atoms with Crippen LogP contribution in [0.2, 0.25) is 0 Å². The molecule has 2 aromatic rings. The molecule has 0 aliphatic heterocycles.